The van der Waals surface area contributed by atoms with Crippen LogP contribution in [0.2, 0.25) is 0 Å². The van der Waals surface area contributed by atoms with Crippen molar-refractivity contribution in [2.75, 3.05) is 18.0 Å². The number of nitrogens with zero attached hydrogens (tertiary/aromatic N) is 3. The van der Waals surface area contributed by atoms with Gasteiger partial charge in [0.15, 0.2) is 0 Å². The first kappa shape index (κ1) is 20.8. The molecule has 0 saturated carbocycles. The Kier molecular flexibility index (Phi) is 6.11. The van der Waals surface area contributed by atoms with Gasteiger partial charge in [0.1, 0.15) is 11.6 Å². The fourth-order valence-electron chi connectivity index (χ4n) is 3.78. The van der Waals surface area contributed by atoms with E-state index in [0.717, 1.165) is 24.9 Å². The van der Waals surface area contributed by atoms with Gasteiger partial charge in [-0.15, -0.1) is 5.10 Å². The molecule has 160 valence electrons. The fraction of sp³-hybridized carbons (Fsp3) is 0.292. The predicted molar refractivity (Wildman–Crippen MR) is 118 cm³/mol. The Morgan fingerprint density at radius 1 is 1.10 bits per heavy atom. The van der Waals surface area contributed by atoms with Crippen LogP contribution < -0.4 is 15.8 Å². The molecule has 1 aromatic heterocycles. The van der Waals surface area contributed by atoms with Crippen LogP contribution in [0, 0.1) is 18.7 Å². The van der Waals surface area contributed by atoms with E-state index in [4.69, 9.17) is 0 Å². The zero-order valence-electron chi connectivity index (χ0n) is 17.4. The van der Waals surface area contributed by atoms with Crippen molar-refractivity contribution in [2.24, 2.45) is 5.92 Å². The van der Waals surface area contributed by atoms with Crippen LogP contribution in [0.5, 0.6) is 0 Å². The van der Waals surface area contributed by atoms with Gasteiger partial charge in [-0.2, -0.15) is 4.68 Å². The van der Waals surface area contributed by atoms with Crippen molar-refractivity contribution in [1.29, 1.82) is 0 Å². The minimum Gasteiger partial charge on any atom is -0.354 e. The average Bonchev–Trinajstić information content (AvgIpc) is 2.79. The summed E-state index contributed by atoms with van der Waals surface area (Å²) in [5.74, 6) is 0.132. The van der Waals surface area contributed by atoms with Crippen LogP contribution in [-0.4, -0.2) is 28.8 Å². The molecule has 4 rings (SSSR count). The molecule has 7 heteroatoms. The SMILES string of the molecule is Cc1ccc(CNC(=O)C2CCCN(c3ccc(=O)n(-c4ccc(F)cc4)n3)C2)cc1. The first-order chi connectivity index (χ1) is 15.0. The number of hydrogen-bond acceptors (Lipinski definition) is 4. The topological polar surface area (TPSA) is 67.2 Å². The van der Waals surface area contributed by atoms with Crippen molar-refractivity contribution in [3.05, 3.63) is 88.0 Å². The summed E-state index contributed by atoms with van der Waals surface area (Å²) in [7, 11) is 0. The largest absolute Gasteiger partial charge is 0.354 e. The number of halogens is 1. The highest BCUT2D eigenvalue weighted by atomic mass is 19.1. The third-order valence-electron chi connectivity index (χ3n) is 5.56. The molecule has 1 fully saturated rings. The van der Waals surface area contributed by atoms with Crippen LogP contribution in [0.15, 0.2) is 65.5 Å². The van der Waals surface area contributed by atoms with Gasteiger partial charge in [-0.05, 0) is 55.7 Å². The predicted octanol–water partition coefficient (Wildman–Crippen LogP) is 3.21. The van der Waals surface area contributed by atoms with Gasteiger partial charge in [-0.3, -0.25) is 9.59 Å². The number of aryl methyl sites for hydroxylation is 1. The van der Waals surface area contributed by atoms with Crippen LogP contribution in [0.3, 0.4) is 0 Å². The second kappa shape index (κ2) is 9.12. The smallest absolute Gasteiger partial charge is 0.271 e. The standard InChI is InChI=1S/C24H25FN4O2/c1-17-4-6-18(7-5-17)15-26-24(31)19-3-2-14-28(16-19)22-12-13-23(30)29(27-22)21-10-8-20(25)9-11-21/h4-13,19H,2-3,14-16H2,1H3,(H,26,31). The van der Waals surface area contributed by atoms with Gasteiger partial charge in [-0.25, -0.2) is 4.39 Å². The molecule has 0 aliphatic carbocycles. The summed E-state index contributed by atoms with van der Waals surface area (Å²) >= 11 is 0. The van der Waals surface area contributed by atoms with Crippen molar-refractivity contribution in [1.82, 2.24) is 15.1 Å². The molecule has 0 spiro atoms. The van der Waals surface area contributed by atoms with E-state index >= 15 is 0 Å². The van der Waals surface area contributed by atoms with Crippen molar-refractivity contribution >= 4 is 11.7 Å². The average molecular weight is 420 g/mol. The lowest BCUT2D eigenvalue weighted by Gasteiger charge is -2.33. The zero-order chi connectivity index (χ0) is 21.8. The molecule has 1 amide bonds. The molecule has 3 aromatic rings. The van der Waals surface area contributed by atoms with Gasteiger partial charge < -0.3 is 10.2 Å². The molecule has 1 aliphatic heterocycles. The van der Waals surface area contributed by atoms with Crippen molar-refractivity contribution in [2.45, 2.75) is 26.3 Å². The molecule has 0 radical (unpaired) electrons. The molecule has 2 aromatic carbocycles. The van der Waals surface area contributed by atoms with E-state index in [2.05, 4.69) is 10.4 Å². The van der Waals surface area contributed by atoms with E-state index in [1.807, 2.05) is 36.1 Å². The first-order valence-electron chi connectivity index (χ1n) is 10.4. The number of carbonyl (C=O) groups is 1. The molecule has 1 aliphatic rings. The summed E-state index contributed by atoms with van der Waals surface area (Å²) in [5.41, 5.74) is 2.46. The number of hydrogen-bond donors (Lipinski definition) is 1. The van der Waals surface area contributed by atoms with E-state index in [0.29, 0.717) is 24.6 Å². The lowest BCUT2D eigenvalue weighted by atomic mass is 9.97. The van der Waals surface area contributed by atoms with Gasteiger partial charge in [-0.1, -0.05) is 29.8 Å². The molecule has 1 N–H and O–H groups in total. The van der Waals surface area contributed by atoms with Crippen LogP contribution in [-0.2, 0) is 11.3 Å². The Bertz CT molecular complexity index is 1110. The molecule has 2 heterocycles. The van der Waals surface area contributed by atoms with Gasteiger partial charge in [0.2, 0.25) is 5.91 Å². The van der Waals surface area contributed by atoms with Crippen LogP contribution in [0.1, 0.15) is 24.0 Å². The Morgan fingerprint density at radius 2 is 1.84 bits per heavy atom. The third-order valence-corrected chi connectivity index (χ3v) is 5.56. The summed E-state index contributed by atoms with van der Waals surface area (Å²) in [6, 6.07) is 16.9. The molecule has 0 bridgehead atoms. The summed E-state index contributed by atoms with van der Waals surface area (Å²) < 4.78 is 14.5. The lowest BCUT2D eigenvalue weighted by Crippen LogP contribution is -2.43. The van der Waals surface area contributed by atoms with E-state index in [1.165, 1.54) is 40.6 Å². The van der Waals surface area contributed by atoms with Crippen molar-refractivity contribution in [3.63, 3.8) is 0 Å². The fourth-order valence-corrected chi connectivity index (χ4v) is 3.78. The number of amides is 1. The van der Waals surface area contributed by atoms with Crippen molar-refractivity contribution in [3.8, 4) is 5.69 Å². The summed E-state index contributed by atoms with van der Waals surface area (Å²) in [5, 5.41) is 7.50. The van der Waals surface area contributed by atoms with Gasteiger partial charge in [0.25, 0.3) is 5.56 Å². The monoisotopic (exact) mass is 420 g/mol. The second-order valence-corrected chi connectivity index (χ2v) is 7.91. The Balaban J connectivity index is 1.45. The third kappa shape index (κ3) is 4.99. The minimum absolute atomic E-state index is 0.0251. The maximum atomic E-state index is 13.2. The number of aromatic nitrogens is 2. The van der Waals surface area contributed by atoms with Gasteiger partial charge in [0, 0.05) is 25.7 Å². The highest BCUT2D eigenvalue weighted by Gasteiger charge is 2.26. The highest BCUT2D eigenvalue weighted by molar-refractivity contribution is 5.79. The molecule has 1 saturated heterocycles. The van der Waals surface area contributed by atoms with Crippen LogP contribution in [0.4, 0.5) is 10.2 Å². The van der Waals surface area contributed by atoms with Crippen molar-refractivity contribution < 1.29 is 9.18 Å². The number of carbonyl (C=O) groups excluding carboxylic acids is 1. The quantitative estimate of drug-likeness (QED) is 0.688. The summed E-state index contributed by atoms with van der Waals surface area (Å²) in [6.07, 6.45) is 1.67. The van der Waals surface area contributed by atoms with Gasteiger partial charge in [0.05, 0.1) is 11.6 Å². The van der Waals surface area contributed by atoms with E-state index in [1.54, 1.807) is 6.07 Å². The molecular formula is C24H25FN4O2. The minimum atomic E-state index is -0.372. The Hall–Kier alpha value is -3.48. The summed E-state index contributed by atoms with van der Waals surface area (Å²) in [6.45, 7) is 3.83. The maximum Gasteiger partial charge on any atom is 0.271 e. The lowest BCUT2D eigenvalue weighted by molar-refractivity contribution is -0.125. The van der Waals surface area contributed by atoms with E-state index < -0.39 is 0 Å². The summed E-state index contributed by atoms with van der Waals surface area (Å²) in [4.78, 5) is 27.0. The number of rotatable bonds is 5. The Morgan fingerprint density at radius 3 is 2.58 bits per heavy atom. The molecular weight excluding hydrogens is 395 g/mol. The zero-order valence-corrected chi connectivity index (χ0v) is 17.4. The number of piperidine rings is 1. The van der Waals surface area contributed by atoms with Crippen LogP contribution in [0.25, 0.3) is 5.69 Å². The first-order valence-corrected chi connectivity index (χ1v) is 10.4. The molecule has 31 heavy (non-hydrogen) atoms. The van der Waals surface area contributed by atoms with E-state index in [9.17, 15) is 14.0 Å². The molecule has 6 nitrogen and oxygen atoms in total. The number of benzene rings is 2. The highest BCUT2D eigenvalue weighted by Crippen LogP contribution is 2.22. The number of anilines is 1. The molecule has 1 atom stereocenters. The van der Waals surface area contributed by atoms with Crippen LogP contribution >= 0.6 is 0 Å². The second-order valence-electron chi connectivity index (χ2n) is 7.91. The maximum absolute atomic E-state index is 13.2. The molecule has 1 unspecified atom stereocenters. The van der Waals surface area contributed by atoms with E-state index in [-0.39, 0.29) is 23.2 Å². The normalized spacial score (nSPS) is 16.2. The Labute approximate surface area is 180 Å². The number of nitrogens with one attached hydrogen (secondary N) is 1. The van der Waals surface area contributed by atoms with Gasteiger partial charge >= 0.3 is 0 Å².